The molecule has 1 rings (SSSR count). The first-order chi connectivity index (χ1) is 10.3. The van der Waals surface area contributed by atoms with Crippen LogP contribution in [0.1, 0.15) is 54.9 Å². The summed E-state index contributed by atoms with van der Waals surface area (Å²) in [4.78, 5) is 12.0. The second-order valence-electron chi connectivity index (χ2n) is 5.25. The monoisotopic (exact) mass is 328 g/mol. The predicted molar refractivity (Wildman–Crippen MR) is 85.4 cm³/mol. The fourth-order valence-electron chi connectivity index (χ4n) is 2.58. The summed E-state index contributed by atoms with van der Waals surface area (Å²) in [6.45, 7) is 4.08. The molecule has 1 atom stereocenters. The van der Waals surface area contributed by atoms with Gasteiger partial charge in [-0.15, -0.1) is 0 Å². The number of hydrogen-bond donors (Lipinski definition) is 0. The molecule has 0 saturated heterocycles. The van der Waals surface area contributed by atoms with Crippen LogP contribution in [0.25, 0.3) is 0 Å². The molecule has 22 heavy (non-hydrogen) atoms. The molecule has 1 unspecified atom stereocenters. The Hall–Kier alpha value is -1.56. The van der Waals surface area contributed by atoms with E-state index in [1.54, 1.807) is 6.07 Å². The summed E-state index contributed by atoms with van der Waals surface area (Å²) in [6, 6.07) is 3.03. The molecule has 0 radical (unpaired) electrons. The Balaban J connectivity index is 3.64. The fraction of sp³-hybridized carbons (Fsp3) is 0.562. The van der Waals surface area contributed by atoms with Crippen molar-refractivity contribution >= 4 is 15.8 Å². The smallest absolute Gasteiger partial charge is 0.341 e. The van der Waals surface area contributed by atoms with Crippen molar-refractivity contribution in [3.63, 3.8) is 0 Å². The molecule has 0 aliphatic heterocycles. The van der Waals surface area contributed by atoms with E-state index in [1.165, 1.54) is 20.3 Å². The first-order valence-corrected chi connectivity index (χ1v) is 9.19. The molecule has 6 heteroatoms. The van der Waals surface area contributed by atoms with Crippen LogP contribution in [0.15, 0.2) is 17.0 Å². The molecular weight excluding hydrogens is 304 g/mol. The van der Waals surface area contributed by atoms with Crippen molar-refractivity contribution in [1.82, 2.24) is 0 Å². The summed E-state index contributed by atoms with van der Waals surface area (Å²) in [6.07, 6.45) is 3.79. The second-order valence-corrected chi connectivity index (χ2v) is 7.23. The van der Waals surface area contributed by atoms with Crippen LogP contribution >= 0.6 is 0 Å². The molecule has 0 aromatic heterocycles. The van der Waals surface area contributed by atoms with Crippen LogP contribution in [0.3, 0.4) is 0 Å². The first-order valence-electron chi connectivity index (χ1n) is 7.30. The first kappa shape index (κ1) is 18.5. The van der Waals surface area contributed by atoms with Crippen molar-refractivity contribution in [1.29, 1.82) is 0 Å². The zero-order valence-electron chi connectivity index (χ0n) is 13.8. The quantitative estimate of drug-likeness (QED) is 0.719. The number of rotatable bonds is 7. The normalized spacial score (nSPS) is 12.8. The molecule has 124 valence electrons. The molecular formula is C16H24O5S. The maximum atomic E-state index is 12.1. The summed E-state index contributed by atoms with van der Waals surface area (Å²) < 4.78 is 34.3. The van der Waals surface area contributed by atoms with E-state index in [0.29, 0.717) is 11.3 Å². The van der Waals surface area contributed by atoms with Gasteiger partial charge in [0.05, 0.1) is 19.1 Å². The van der Waals surface area contributed by atoms with Crippen LogP contribution in [0.2, 0.25) is 0 Å². The van der Waals surface area contributed by atoms with Crippen molar-refractivity contribution in [3.05, 3.63) is 23.3 Å². The summed E-state index contributed by atoms with van der Waals surface area (Å²) in [5.74, 6) is -0.170. The highest BCUT2D eigenvalue weighted by Crippen LogP contribution is 2.35. The van der Waals surface area contributed by atoms with Crippen molar-refractivity contribution < 1.29 is 22.7 Å². The van der Waals surface area contributed by atoms with E-state index in [-0.39, 0.29) is 16.4 Å². The molecule has 0 fully saturated rings. The lowest BCUT2D eigenvalue weighted by molar-refractivity contribution is 0.0596. The van der Waals surface area contributed by atoms with Crippen molar-refractivity contribution in [2.45, 2.75) is 43.9 Å². The second kappa shape index (κ2) is 7.63. The Morgan fingerprint density at radius 1 is 1.23 bits per heavy atom. The van der Waals surface area contributed by atoms with E-state index < -0.39 is 15.8 Å². The molecule has 0 aliphatic carbocycles. The SMILES string of the molecule is CCCC(CC)c1cc(OC)c(C(=O)OC)cc1S(C)(=O)=O. The number of ether oxygens (including phenoxy) is 2. The molecule has 0 bridgehead atoms. The third-order valence-corrected chi connectivity index (χ3v) is 4.86. The van der Waals surface area contributed by atoms with Gasteiger partial charge in [0.1, 0.15) is 11.3 Å². The van der Waals surface area contributed by atoms with Crippen LogP contribution in [-0.4, -0.2) is 34.9 Å². The van der Waals surface area contributed by atoms with Crippen LogP contribution in [0.5, 0.6) is 5.75 Å². The molecule has 0 spiro atoms. The van der Waals surface area contributed by atoms with E-state index in [1.807, 2.05) is 6.92 Å². The highest BCUT2D eigenvalue weighted by molar-refractivity contribution is 7.90. The molecule has 1 aromatic carbocycles. The van der Waals surface area contributed by atoms with Gasteiger partial charge in [-0.05, 0) is 36.5 Å². The Kier molecular flexibility index (Phi) is 6.41. The highest BCUT2D eigenvalue weighted by Gasteiger charge is 2.25. The minimum atomic E-state index is -3.46. The molecule has 0 heterocycles. The van der Waals surface area contributed by atoms with Gasteiger partial charge in [0.25, 0.3) is 0 Å². The van der Waals surface area contributed by atoms with Crippen molar-refractivity contribution in [2.24, 2.45) is 0 Å². The van der Waals surface area contributed by atoms with Crippen molar-refractivity contribution in [2.75, 3.05) is 20.5 Å². The number of benzene rings is 1. The summed E-state index contributed by atoms with van der Waals surface area (Å²) in [5, 5.41) is 0. The zero-order chi connectivity index (χ0) is 16.9. The van der Waals surface area contributed by atoms with E-state index in [2.05, 4.69) is 6.92 Å². The van der Waals surface area contributed by atoms with Crippen LogP contribution in [-0.2, 0) is 14.6 Å². The zero-order valence-corrected chi connectivity index (χ0v) is 14.6. The van der Waals surface area contributed by atoms with Gasteiger partial charge < -0.3 is 9.47 Å². The van der Waals surface area contributed by atoms with Gasteiger partial charge in [0, 0.05) is 6.26 Å². The number of carbonyl (C=O) groups is 1. The average Bonchev–Trinajstić information content (AvgIpc) is 2.49. The molecule has 0 saturated carbocycles. The van der Waals surface area contributed by atoms with E-state index in [4.69, 9.17) is 9.47 Å². The molecule has 5 nitrogen and oxygen atoms in total. The summed E-state index contributed by atoms with van der Waals surface area (Å²) >= 11 is 0. The lowest BCUT2D eigenvalue weighted by Gasteiger charge is -2.20. The van der Waals surface area contributed by atoms with Crippen LogP contribution < -0.4 is 4.74 Å². The van der Waals surface area contributed by atoms with E-state index in [9.17, 15) is 13.2 Å². The lowest BCUT2D eigenvalue weighted by Crippen LogP contribution is -2.12. The Labute approximate surface area is 132 Å². The number of methoxy groups -OCH3 is 2. The van der Waals surface area contributed by atoms with Gasteiger partial charge >= 0.3 is 5.97 Å². The van der Waals surface area contributed by atoms with Crippen LogP contribution in [0.4, 0.5) is 0 Å². The van der Waals surface area contributed by atoms with Gasteiger partial charge in [0.15, 0.2) is 9.84 Å². The molecule has 1 aromatic rings. The molecule has 0 aliphatic rings. The third-order valence-electron chi connectivity index (χ3n) is 3.71. The minimum Gasteiger partial charge on any atom is -0.496 e. The van der Waals surface area contributed by atoms with Gasteiger partial charge in [-0.3, -0.25) is 0 Å². The molecule has 0 N–H and O–H groups in total. The van der Waals surface area contributed by atoms with Crippen LogP contribution in [0, 0.1) is 0 Å². The minimum absolute atomic E-state index is 0.107. The lowest BCUT2D eigenvalue weighted by atomic mass is 9.91. The van der Waals surface area contributed by atoms with E-state index in [0.717, 1.165) is 25.5 Å². The Morgan fingerprint density at radius 3 is 2.27 bits per heavy atom. The van der Waals surface area contributed by atoms with Gasteiger partial charge in [-0.2, -0.15) is 0 Å². The highest BCUT2D eigenvalue weighted by atomic mass is 32.2. The number of sulfone groups is 1. The van der Waals surface area contributed by atoms with E-state index >= 15 is 0 Å². The largest absolute Gasteiger partial charge is 0.496 e. The Morgan fingerprint density at radius 2 is 1.86 bits per heavy atom. The standard InChI is InChI=1S/C16H24O5S/c1-6-8-11(7-2)12-9-14(20-3)13(16(17)21-4)10-15(12)22(5,18)19/h9-11H,6-8H2,1-5H3. The average molecular weight is 328 g/mol. The summed E-state index contributed by atoms with van der Waals surface area (Å²) in [7, 11) is -0.757. The molecule has 0 amide bonds. The number of hydrogen-bond acceptors (Lipinski definition) is 5. The van der Waals surface area contributed by atoms with Gasteiger partial charge in [-0.1, -0.05) is 20.3 Å². The maximum Gasteiger partial charge on any atom is 0.341 e. The van der Waals surface area contributed by atoms with Crippen molar-refractivity contribution in [3.8, 4) is 5.75 Å². The third kappa shape index (κ3) is 4.00. The predicted octanol–water partition coefficient (Wildman–Crippen LogP) is 3.18. The van der Waals surface area contributed by atoms with Gasteiger partial charge in [0.2, 0.25) is 0 Å². The summed E-state index contributed by atoms with van der Waals surface area (Å²) in [5.41, 5.74) is 0.830. The maximum absolute atomic E-state index is 12.1. The number of esters is 1. The van der Waals surface area contributed by atoms with Gasteiger partial charge in [-0.25, -0.2) is 13.2 Å². The number of carbonyl (C=O) groups excluding carboxylic acids is 1. The Bertz CT molecular complexity index is 634. The fourth-order valence-corrected chi connectivity index (χ4v) is 3.57. The topological polar surface area (TPSA) is 69.7 Å².